The average Bonchev–Trinajstić information content (AvgIpc) is 3.12. The van der Waals surface area contributed by atoms with Gasteiger partial charge in [0.25, 0.3) is 5.56 Å². The molecule has 26 heavy (non-hydrogen) atoms. The molecular weight excluding hydrogens is 360 g/mol. The van der Waals surface area contributed by atoms with E-state index < -0.39 is 5.97 Å². The highest BCUT2D eigenvalue weighted by Gasteiger charge is 2.19. The molecule has 0 fully saturated rings. The Kier molecular flexibility index (Phi) is 4.22. The molecule has 2 heterocycles. The van der Waals surface area contributed by atoms with E-state index in [2.05, 4.69) is 10.2 Å². The summed E-state index contributed by atoms with van der Waals surface area (Å²) in [6.07, 6.45) is -0.0599. The van der Waals surface area contributed by atoms with Crippen LogP contribution in [0.3, 0.4) is 0 Å². The Bertz CT molecular complexity index is 1060. The van der Waals surface area contributed by atoms with Crippen LogP contribution in [0.1, 0.15) is 11.3 Å². The van der Waals surface area contributed by atoms with E-state index in [1.807, 2.05) is 0 Å². The number of benzene rings is 2. The molecule has 1 N–H and O–H groups in total. The molecule has 2 aromatic carbocycles. The summed E-state index contributed by atoms with van der Waals surface area (Å²) in [6, 6.07) is 10.3. The van der Waals surface area contributed by atoms with E-state index in [1.165, 1.54) is 0 Å². The Morgan fingerprint density at radius 1 is 1.23 bits per heavy atom. The maximum atomic E-state index is 12.2. The molecule has 3 aromatic rings. The monoisotopic (exact) mass is 372 g/mol. The number of hydrogen-bond acceptors (Lipinski definition) is 6. The van der Waals surface area contributed by atoms with E-state index in [1.54, 1.807) is 36.4 Å². The molecule has 7 nitrogen and oxygen atoms in total. The van der Waals surface area contributed by atoms with Crippen LogP contribution in [0.15, 0.2) is 41.2 Å². The summed E-state index contributed by atoms with van der Waals surface area (Å²) in [6.45, 7) is 0.153. The van der Waals surface area contributed by atoms with Crippen molar-refractivity contribution < 1.29 is 19.0 Å². The lowest BCUT2D eigenvalue weighted by Gasteiger charge is -2.08. The first kappa shape index (κ1) is 16.4. The molecule has 1 aliphatic heterocycles. The SMILES string of the molecule is O=C(Cc1n[nH]c(=O)c2ccccc12)OCc1cc(Cl)c2c(c1)OCO2. The van der Waals surface area contributed by atoms with Crippen LogP contribution in [-0.2, 0) is 22.6 Å². The van der Waals surface area contributed by atoms with Crippen LogP contribution in [0.2, 0.25) is 5.02 Å². The summed E-state index contributed by atoms with van der Waals surface area (Å²) >= 11 is 6.11. The van der Waals surface area contributed by atoms with Crippen LogP contribution in [0, 0.1) is 0 Å². The number of carbonyl (C=O) groups is 1. The Morgan fingerprint density at radius 2 is 2.04 bits per heavy atom. The molecule has 0 aliphatic carbocycles. The fourth-order valence-corrected chi connectivity index (χ4v) is 3.05. The normalized spacial score (nSPS) is 12.3. The highest BCUT2D eigenvalue weighted by Crippen LogP contribution is 2.39. The van der Waals surface area contributed by atoms with Crippen molar-refractivity contribution in [3.8, 4) is 11.5 Å². The second-order valence-corrected chi connectivity index (χ2v) is 6.10. The number of H-pyrrole nitrogens is 1. The highest BCUT2D eigenvalue weighted by molar-refractivity contribution is 6.32. The van der Waals surface area contributed by atoms with Crippen molar-refractivity contribution in [3.05, 3.63) is 63.0 Å². The number of aromatic nitrogens is 2. The van der Waals surface area contributed by atoms with Crippen LogP contribution in [-0.4, -0.2) is 23.0 Å². The predicted molar refractivity (Wildman–Crippen MR) is 93.4 cm³/mol. The van der Waals surface area contributed by atoms with Gasteiger partial charge in [-0.2, -0.15) is 5.10 Å². The number of carbonyl (C=O) groups excluding carboxylic acids is 1. The van der Waals surface area contributed by atoms with Crippen LogP contribution >= 0.6 is 11.6 Å². The third-order valence-electron chi connectivity index (χ3n) is 3.97. The standard InChI is InChI=1S/C18H13ClN2O5/c19-13-5-10(6-15-17(13)26-9-25-15)8-24-16(22)7-14-11-3-1-2-4-12(11)18(23)21-20-14/h1-6H,7-9H2,(H,21,23). The van der Waals surface area contributed by atoms with Gasteiger partial charge in [-0.1, -0.05) is 29.8 Å². The quantitative estimate of drug-likeness (QED) is 0.708. The van der Waals surface area contributed by atoms with Crippen molar-refractivity contribution in [1.29, 1.82) is 0 Å². The van der Waals surface area contributed by atoms with Crippen molar-refractivity contribution in [1.82, 2.24) is 10.2 Å². The average molecular weight is 373 g/mol. The molecule has 0 spiro atoms. The zero-order valence-electron chi connectivity index (χ0n) is 13.5. The number of halogens is 1. The number of nitrogens with zero attached hydrogens (tertiary/aromatic N) is 1. The highest BCUT2D eigenvalue weighted by atomic mass is 35.5. The molecule has 0 unspecified atom stereocenters. The zero-order valence-corrected chi connectivity index (χ0v) is 14.2. The van der Waals surface area contributed by atoms with Gasteiger partial charge in [0.2, 0.25) is 6.79 Å². The molecule has 0 amide bonds. The van der Waals surface area contributed by atoms with Gasteiger partial charge < -0.3 is 14.2 Å². The van der Waals surface area contributed by atoms with Gasteiger partial charge in [-0.15, -0.1) is 0 Å². The van der Waals surface area contributed by atoms with E-state index in [-0.39, 0.29) is 25.4 Å². The third kappa shape index (κ3) is 3.09. The Labute approximate surface area is 152 Å². The molecule has 0 saturated carbocycles. The lowest BCUT2D eigenvalue weighted by molar-refractivity contribution is -0.144. The fraction of sp³-hybridized carbons (Fsp3) is 0.167. The van der Waals surface area contributed by atoms with Gasteiger partial charge in [-0.25, -0.2) is 5.10 Å². The van der Waals surface area contributed by atoms with Crippen molar-refractivity contribution in [2.75, 3.05) is 6.79 Å². The van der Waals surface area contributed by atoms with E-state index >= 15 is 0 Å². The smallest absolute Gasteiger partial charge is 0.312 e. The Hall–Kier alpha value is -3.06. The molecule has 0 radical (unpaired) electrons. The van der Waals surface area contributed by atoms with Gasteiger partial charge in [-0.3, -0.25) is 9.59 Å². The fourth-order valence-electron chi connectivity index (χ4n) is 2.76. The van der Waals surface area contributed by atoms with Gasteiger partial charge >= 0.3 is 5.97 Å². The van der Waals surface area contributed by atoms with Gasteiger partial charge in [-0.05, 0) is 23.8 Å². The molecule has 0 saturated heterocycles. The van der Waals surface area contributed by atoms with E-state index in [0.717, 1.165) is 0 Å². The Morgan fingerprint density at radius 3 is 2.88 bits per heavy atom. The largest absolute Gasteiger partial charge is 0.461 e. The summed E-state index contributed by atoms with van der Waals surface area (Å²) in [5, 5.41) is 7.87. The van der Waals surface area contributed by atoms with Crippen molar-refractivity contribution in [2.45, 2.75) is 13.0 Å². The first-order chi connectivity index (χ1) is 12.6. The molecule has 1 aromatic heterocycles. The third-order valence-corrected chi connectivity index (χ3v) is 4.25. The maximum absolute atomic E-state index is 12.2. The van der Waals surface area contributed by atoms with Crippen LogP contribution < -0.4 is 15.0 Å². The summed E-state index contributed by atoms with van der Waals surface area (Å²) < 4.78 is 15.8. The molecule has 1 aliphatic rings. The maximum Gasteiger partial charge on any atom is 0.312 e. The molecule has 4 rings (SSSR count). The van der Waals surface area contributed by atoms with Gasteiger partial charge in [0.1, 0.15) is 6.61 Å². The summed E-state index contributed by atoms with van der Waals surface area (Å²) in [4.78, 5) is 24.0. The van der Waals surface area contributed by atoms with E-state index in [0.29, 0.717) is 38.6 Å². The number of rotatable bonds is 4. The minimum Gasteiger partial charge on any atom is -0.461 e. The van der Waals surface area contributed by atoms with E-state index in [4.69, 9.17) is 25.8 Å². The number of fused-ring (bicyclic) bond motifs is 2. The van der Waals surface area contributed by atoms with Gasteiger partial charge in [0, 0.05) is 5.39 Å². The zero-order chi connectivity index (χ0) is 18.1. The number of ether oxygens (including phenoxy) is 3. The molecular formula is C18H13ClN2O5. The lowest BCUT2D eigenvalue weighted by atomic mass is 10.1. The number of esters is 1. The summed E-state index contributed by atoms with van der Waals surface area (Å²) in [7, 11) is 0. The molecule has 0 atom stereocenters. The number of hydrogen-bond donors (Lipinski definition) is 1. The first-order valence-corrected chi connectivity index (χ1v) is 8.19. The molecule has 0 bridgehead atoms. The molecule has 8 heteroatoms. The number of nitrogens with one attached hydrogen (secondary N) is 1. The second-order valence-electron chi connectivity index (χ2n) is 5.69. The topological polar surface area (TPSA) is 90.5 Å². The molecule has 132 valence electrons. The number of aromatic amines is 1. The second kappa shape index (κ2) is 6.68. The first-order valence-electron chi connectivity index (χ1n) is 7.82. The van der Waals surface area contributed by atoms with E-state index in [9.17, 15) is 9.59 Å². The minimum atomic E-state index is -0.469. The van der Waals surface area contributed by atoms with Crippen LogP contribution in [0.4, 0.5) is 0 Å². The van der Waals surface area contributed by atoms with Gasteiger partial charge in [0.15, 0.2) is 11.5 Å². The van der Waals surface area contributed by atoms with Crippen molar-refractivity contribution in [2.24, 2.45) is 0 Å². The predicted octanol–water partition coefficient (Wildman–Crippen LogP) is 2.59. The van der Waals surface area contributed by atoms with Crippen LogP contribution in [0.25, 0.3) is 10.8 Å². The van der Waals surface area contributed by atoms with Crippen molar-refractivity contribution in [3.63, 3.8) is 0 Å². The van der Waals surface area contributed by atoms with Gasteiger partial charge in [0.05, 0.1) is 22.5 Å². The van der Waals surface area contributed by atoms with Crippen molar-refractivity contribution >= 4 is 28.3 Å². The summed E-state index contributed by atoms with van der Waals surface area (Å²) in [5.41, 5.74) is 0.841. The summed E-state index contributed by atoms with van der Waals surface area (Å²) in [5.74, 6) is 0.547. The minimum absolute atomic E-state index is 0.0382. The lowest BCUT2D eigenvalue weighted by Crippen LogP contribution is -2.15. The Balaban J connectivity index is 1.48. The van der Waals surface area contributed by atoms with Crippen LogP contribution in [0.5, 0.6) is 11.5 Å².